The number of carboxylic acids is 1. The van der Waals surface area contributed by atoms with Gasteiger partial charge in [0.15, 0.2) is 0 Å². The van der Waals surface area contributed by atoms with Crippen LogP contribution in [0.25, 0.3) is 0 Å². The van der Waals surface area contributed by atoms with Gasteiger partial charge >= 0.3 is 5.97 Å². The van der Waals surface area contributed by atoms with Gasteiger partial charge in [-0.25, -0.2) is 0 Å². The lowest BCUT2D eigenvalue weighted by atomic mass is 9.89. The van der Waals surface area contributed by atoms with Crippen molar-refractivity contribution in [2.45, 2.75) is 25.8 Å². The van der Waals surface area contributed by atoms with Gasteiger partial charge in [0.2, 0.25) is 0 Å². The van der Waals surface area contributed by atoms with Gasteiger partial charge in [0.05, 0.1) is 12.0 Å². The van der Waals surface area contributed by atoms with Crippen molar-refractivity contribution in [3.8, 4) is 0 Å². The number of carbonyl (C=O) groups is 1. The second-order valence-corrected chi connectivity index (χ2v) is 7.39. The molecule has 1 aliphatic rings. The minimum absolute atomic E-state index is 0.169. The topological polar surface area (TPSA) is 43.8 Å². The largest absolute Gasteiger partial charge is 0.481 e. The lowest BCUT2D eigenvalue weighted by Crippen LogP contribution is -2.39. The van der Waals surface area contributed by atoms with Crippen LogP contribution in [-0.4, -0.2) is 43.2 Å². The van der Waals surface area contributed by atoms with Gasteiger partial charge in [-0.1, -0.05) is 36.4 Å². The normalized spacial score (nSPS) is 17.0. The molecule has 0 radical (unpaired) electrons. The van der Waals surface area contributed by atoms with Crippen LogP contribution in [0.3, 0.4) is 0 Å². The molecule has 1 saturated heterocycles. The molecular formula is C22H28N2O2. The van der Waals surface area contributed by atoms with Crippen LogP contribution < -0.4 is 4.90 Å². The van der Waals surface area contributed by atoms with Gasteiger partial charge in [-0.15, -0.1) is 0 Å². The van der Waals surface area contributed by atoms with E-state index < -0.39 is 5.97 Å². The third-order valence-corrected chi connectivity index (χ3v) is 5.45. The molecule has 0 aromatic heterocycles. The predicted molar refractivity (Wildman–Crippen MR) is 106 cm³/mol. The monoisotopic (exact) mass is 352 g/mol. The number of benzene rings is 2. The Bertz CT molecular complexity index is 747. The van der Waals surface area contributed by atoms with Gasteiger partial charge in [0.25, 0.3) is 0 Å². The van der Waals surface area contributed by atoms with Crippen LogP contribution in [0.1, 0.15) is 35.6 Å². The van der Waals surface area contributed by atoms with E-state index in [9.17, 15) is 9.90 Å². The van der Waals surface area contributed by atoms with Crippen LogP contribution in [0.15, 0.2) is 48.5 Å². The molecule has 3 rings (SSSR count). The molecule has 0 amide bonds. The summed E-state index contributed by atoms with van der Waals surface area (Å²) in [5.41, 5.74) is 5.02. The molecule has 0 spiro atoms. The molecule has 1 aliphatic heterocycles. The van der Waals surface area contributed by atoms with Gasteiger partial charge in [0, 0.05) is 19.8 Å². The number of nitrogens with zero attached hydrogens (tertiary/aromatic N) is 2. The first-order chi connectivity index (χ1) is 12.5. The Balaban J connectivity index is 1.93. The fourth-order valence-corrected chi connectivity index (χ4v) is 3.84. The van der Waals surface area contributed by atoms with Crippen LogP contribution in [0, 0.1) is 12.8 Å². The van der Waals surface area contributed by atoms with Crippen LogP contribution in [0.4, 0.5) is 5.69 Å². The molecule has 1 atom stereocenters. The van der Waals surface area contributed by atoms with E-state index in [0.717, 1.165) is 13.1 Å². The van der Waals surface area contributed by atoms with Crippen molar-refractivity contribution in [2.75, 3.05) is 32.1 Å². The van der Waals surface area contributed by atoms with E-state index in [2.05, 4.69) is 65.3 Å². The third kappa shape index (κ3) is 3.91. The molecule has 4 nitrogen and oxygen atoms in total. The van der Waals surface area contributed by atoms with Gasteiger partial charge in [-0.05, 0) is 61.7 Å². The van der Waals surface area contributed by atoms with Gasteiger partial charge < -0.3 is 10.0 Å². The molecule has 1 heterocycles. The van der Waals surface area contributed by atoms with Gasteiger partial charge in [-0.2, -0.15) is 0 Å². The first kappa shape index (κ1) is 18.5. The Labute approximate surface area is 156 Å². The number of hydrogen-bond donors (Lipinski definition) is 1. The summed E-state index contributed by atoms with van der Waals surface area (Å²) in [6.07, 6.45) is 1.43. The molecule has 0 bridgehead atoms. The minimum Gasteiger partial charge on any atom is -0.481 e. The Morgan fingerprint density at radius 1 is 1.08 bits per heavy atom. The zero-order valence-electron chi connectivity index (χ0n) is 15.9. The standard InChI is InChI=1S/C22H28N2O2/c1-16-6-4-5-7-20(16)21(17-8-10-19(11-9-17)23(2)3)24-14-12-18(13-15-24)22(25)26/h4-11,18,21H,12-15H2,1-3H3,(H,25,26). The van der Waals surface area contributed by atoms with E-state index in [1.165, 1.54) is 22.4 Å². The molecule has 26 heavy (non-hydrogen) atoms. The summed E-state index contributed by atoms with van der Waals surface area (Å²) in [6, 6.07) is 17.4. The molecular weight excluding hydrogens is 324 g/mol. The molecule has 1 N–H and O–H groups in total. The number of piperidine rings is 1. The maximum absolute atomic E-state index is 11.3. The van der Waals surface area contributed by atoms with Gasteiger partial charge in [-0.3, -0.25) is 9.69 Å². The molecule has 0 aliphatic carbocycles. The van der Waals surface area contributed by atoms with Crippen LogP contribution in [-0.2, 0) is 4.79 Å². The van der Waals surface area contributed by atoms with Crippen molar-refractivity contribution in [3.63, 3.8) is 0 Å². The fourth-order valence-electron chi connectivity index (χ4n) is 3.84. The fraction of sp³-hybridized carbons (Fsp3) is 0.409. The summed E-state index contributed by atoms with van der Waals surface area (Å²) >= 11 is 0. The highest BCUT2D eigenvalue weighted by atomic mass is 16.4. The quantitative estimate of drug-likeness (QED) is 0.885. The average molecular weight is 352 g/mol. The van der Waals surface area contributed by atoms with Crippen molar-refractivity contribution in [1.82, 2.24) is 4.90 Å². The highest BCUT2D eigenvalue weighted by molar-refractivity contribution is 5.70. The number of anilines is 1. The zero-order valence-corrected chi connectivity index (χ0v) is 15.9. The maximum atomic E-state index is 11.3. The first-order valence-corrected chi connectivity index (χ1v) is 9.27. The van der Waals surface area contributed by atoms with Crippen molar-refractivity contribution < 1.29 is 9.90 Å². The second-order valence-electron chi connectivity index (χ2n) is 7.39. The lowest BCUT2D eigenvalue weighted by molar-refractivity contribution is -0.143. The number of rotatable bonds is 5. The first-order valence-electron chi connectivity index (χ1n) is 9.27. The number of aliphatic carboxylic acids is 1. The highest BCUT2D eigenvalue weighted by Crippen LogP contribution is 2.34. The van der Waals surface area contributed by atoms with E-state index in [-0.39, 0.29) is 12.0 Å². The predicted octanol–water partition coefficient (Wildman–Crippen LogP) is 3.95. The van der Waals surface area contributed by atoms with E-state index >= 15 is 0 Å². The zero-order chi connectivity index (χ0) is 18.7. The number of carboxylic acid groups (broad SMARTS) is 1. The van der Waals surface area contributed by atoms with E-state index in [0.29, 0.717) is 12.8 Å². The number of hydrogen-bond acceptors (Lipinski definition) is 3. The smallest absolute Gasteiger partial charge is 0.306 e. The summed E-state index contributed by atoms with van der Waals surface area (Å²) in [7, 11) is 4.09. The van der Waals surface area contributed by atoms with Crippen molar-refractivity contribution in [3.05, 3.63) is 65.2 Å². The van der Waals surface area contributed by atoms with E-state index in [1.54, 1.807) is 0 Å². The highest BCUT2D eigenvalue weighted by Gasteiger charge is 2.30. The minimum atomic E-state index is -0.660. The maximum Gasteiger partial charge on any atom is 0.306 e. The van der Waals surface area contributed by atoms with Crippen LogP contribution in [0.5, 0.6) is 0 Å². The van der Waals surface area contributed by atoms with E-state index in [1.807, 2.05) is 14.1 Å². The Morgan fingerprint density at radius 2 is 1.69 bits per heavy atom. The summed E-state index contributed by atoms with van der Waals surface area (Å²) in [6.45, 7) is 3.78. The number of aryl methyl sites for hydroxylation is 1. The molecule has 2 aromatic rings. The Kier molecular flexibility index (Phi) is 5.62. The summed E-state index contributed by atoms with van der Waals surface area (Å²) in [5.74, 6) is -0.868. The summed E-state index contributed by atoms with van der Waals surface area (Å²) in [4.78, 5) is 15.8. The molecule has 4 heteroatoms. The van der Waals surface area contributed by atoms with Crippen molar-refractivity contribution in [2.24, 2.45) is 5.92 Å². The second kappa shape index (κ2) is 7.92. The Hall–Kier alpha value is -2.33. The summed E-state index contributed by atoms with van der Waals surface area (Å²) in [5, 5.41) is 9.30. The van der Waals surface area contributed by atoms with Gasteiger partial charge in [0.1, 0.15) is 0 Å². The average Bonchev–Trinajstić information content (AvgIpc) is 2.64. The van der Waals surface area contributed by atoms with Crippen LogP contribution >= 0.6 is 0 Å². The number of likely N-dealkylation sites (tertiary alicyclic amines) is 1. The molecule has 138 valence electrons. The Morgan fingerprint density at radius 3 is 2.23 bits per heavy atom. The van der Waals surface area contributed by atoms with Crippen molar-refractivity contribution >= 4 is 11.7 Å². The van der Waals surface area contributed by atoms with Crippen molar-refractivity contribution in [1.29, 1.82) is 0 Å². The molecule has 2 aromatic carbocycles. The SMILES string of the molecule is Cc1ccccc1C(c1ccc(N(C)C)cc1)N1CCC(C(=O)O)CC1. The van der Waals surface area contributed by atoms with E-state index in [4.69, 9.17) is 0 Å². The lowest BCUT2D eigenvalue weighted by Gasteiger charge is -2.37. The molecule has 1 unspecified atom stereocenters. The molecule has 1 fully saturated rings. The molecule has 0 saturated carbocycles. The summed E-state index contributed by atoms with van der Waals surface area (Å²) < 4.78 is 0. The van der Waals surface area contributed by atoms with Crippen LogP contribution in [0.2, 0.25) is 0 Å². The third-order valence-electron chi connectivity index (χ3n) is 5.45.